The summed E-state index contributed by atoms with van der Waals surface area (Å²) in [6, 6.07) is 0.00261. The van der Waals surface area contributed by atoms with Crippen LogP contribution in [0.4, 0.5) is 4.79 Å². The minimum atomic E-state index is -0.806. The van der Waals surface area contributed by atoms with Gasteiger partial charge in [0.2, 0.25) is 0 Å². The van der Waals surface area contributed by atoms with Gasteiger partial charge in [-0.05, 0) is 37.5 Å². The summed E-state index contributed by atoms with van der Waals surface area (Å²) in [4.78, 5) is 22.6. The number of hydrogen-bond donors (Lipinski definition) is 3. The highest BCUT2D eigenvalue weighted by atomic mass is 16.4. The number of aliphatic carboxylic acids is 1. The summed E-state index contributed by atoms with van der Waals surface area (Å²) >= 11 is 0. The third-order valence-corrected chi connectivity index (χ3v) is 3.58. The monoisotopic (exact) mass is 284 g/mol. The maximum absolute atomic E-state index is 11.8. The molecule has 5 heteroatoms. The second kappa shape index (κ2) is 8.12. The largest absolute Gasteiger partial charge is 0.481 e. The van der Waals surface area contributed by atoms with E-state index in [1.54, 1.807) is 0 Å². The Hall–Kier alpha value is -1.26. The van der Waals surface area contributed by atoms with Crippen molar-refractivity contribution in [1.82, 2.24) is 10.6 Å². The van der Waals surface area contributed by atoms with Crippen molar-refractivity contribution in [2.75, 3.05) is 6.54 Å². The van der Waals surface area contributed by atoms with Crippen molar-refractivity contribution in [1.29, 1.82) is 0 Å². The molecule has 0 bridgehead atoms. The van der Waals surface area contributed by atoms with E-state index in [1.807, 2.05) is 6.92 Å². The van der Waals surface area contributed by atoms with Crippen molar-refractivity contribution < 1.29 is 14.7 Å². The number of urea groups is 1. The molecule has 1 fully saturated rings. The first kappa shape index (κ1) is 16.8. The van der Waals surface area contributed by atoms with E-state index in [9.17, 15) is 9.59 Å². The number of carboxylic acids is 1. The maximum Gasteiger partial charge on any atom is 0.315 e. The average molecular weight is 284 g/mol. The van der Waals surface area contributed by atoms with Gasteiger partial charge in [0.25, 0.3) is 0 Å². The first-order chi connectivity index (χ1) is 9.36. The van der Waals surface area contributed by atoms with Crippen LogP contribution in [0.2, 0.25) is 0 Å². The molecule has 1 unspecified atom stereocenters. The first-order valence-electron chi connectivity index (χ1n) is 7.63. The van der Waals surface area contributed by atoms with Gasteiger partial charge in [0.05, 0.1) is 0 Å². The Morgan fingerprint density at radius 3 is 2.40 bits per heavy atom. The predicted octanol–water partition coefficient (Wildman–Crippen LogP) is 2.61. The van der Waals surface area contributed by atoms with Gasteiger partial charge in [-0.2, -0.15) is 0 Å². The number of amides is 2. The van der Waals surface area contributed by atoms with Crippen LogP contribution in [-0.2, 0) is 4.79 Å². The van der Waals surface area contributed by atoms with Gasteiger partial charge >= 0.3 is 12.0 Å². The van der Waals surface area contributed by atoms with E-state index in [0.29, 0.717) is 12.5 Å². The van der Waals surface area contributed by atoms with Crippen molar-refractivity contribution in [2.24, 2.45) is 17.8 Å². The van der Waals surface area contributed by atoms with Crippen molar-refractivity contribution in [2.45, 2.75) is 58.9 Å². The Balaban J connectivity index is 2.25. The molecule has 0 radical (unpaired) electrons. The van der Waals surface area contributed by atoms with E-state index in [4.69, 9.17) is 5.11 Å². The molecule has 2 atom stereocenters. The molecule has 1 saturated carbocycles. The van der Waals surface area contributed by atoms with Gasteiger partial charge in [-0.1, -0.05) is 26.7 Å². The molecule has 5 nitrogen and oxygen atoms in total. The Morgan fingerprint density at radius 1 is 1.25 bits per heavy atom. The van der Waals surface area contributed by atoms with Crippen LogP contribution in [0.15, 0.2) is 0 Å². The molecule has 0 spiro atoms. The van der Waals surface area contributed by atoms with Crippen molar-refractivity contribution >= 4 is 12.0 Å². The highest BCUT2D eigenvalue weighted by Crippen LogP contribution is 2.33. The molecule has 116 valence electrons. The number of nitrogens with one attached hydrogen (secondary N) is 2. The summed E-state index contributed by atoms with van der Waals surface area (Å²) < 4.78 is 0. The molecule has 1 rings (SSSR count). The number of carboxylic acid groups (broad SMARTS) is 1. The molecule has 0 saturated heterocycles. The van der Waals surface area contributed by atoms with Crippen LogP contribution >= 0.6 is 0 Å². The smallest absolute Gasteiger partial charge is 0.315 e. The van der Waals surface area contributed by atoms with Gasteiger partial charge < -0.3 is 15.7 Å². The summed E-state index contributed by atoms with van der Waals surface area (Å²) in [6.45, 7) is 6.56. The zero-order valence-corrected chi connectivity index (χ0v) is 12.8. The fourth-order valence-electron chi connectivity index (χ4n) is 2.58. The molecule has 2 amide bonds. The Labute approximate surface area is 121 Å². The zero-order valence-electron chi connectivity index (χ0n) is 12.8. The molecule has 1 aliphatic rings. The highest BCUT2D eigenvalue weighted by molar-refractivity contribution is 5.74. The molecule has 3 N–H and O–H groups in total. The Kier molecular flexibility index (Phi) is 6.82. The lowest BCUT2D eigenvalue weighted by Crippen LogP contribution is -2.43. The fourth-order valence-corrected chi connectivity index (χ4v) is 2.58. The maximum atomic E-state index is 11.8. The number of carbonyl (C=O) groups is 2. The van der Waals surface area contributed by atoms with Crippen molar-refractivity contribution in [3.8, 4) is 0 Å². The van der Waals surface area contributed by atoms with Gasteiger partial charge in [-0.3, -0.25) is 4.79 Å². The molecular formula is C15H28N2O3. The van der Waals surface area contributed by atoms with Gasteiger partial charge in [0.1, 0.15) is 0 Å². The predicted molar refractivity (Wildman–Crippen MR) is 78.5 cm³/mol. The summed E-state index contributed by atoms with van der Waals surface area (Å²) in [5.41, 5.74) is 0. The lowest BCUT2D eigenvalue weighted by molar-refractivity contribution is -0.138. The SMILES string of the molecule is CC(C)C[C@H](CNC(=O)NC(C)CC1CC1)CC(=O)O. The van der Waals surface area contributed by atoms with E-state index >= 15 is 0 Å². The van der Waals surface area contributed by atoms with Crippen LogP contribution in [0.25, 0.3) is 0 Å². The summed E-state index contributed by atoms with van der Waals surface area (Å²) in [5, 5.41) is 14.6. The normalized spacial score (nSPS) is 17.6. The summed E-state index contributed by atoms with van der Waals surface area (Å²) in [5.74, 6) is 0.404. The zero-order chi connectivity index (χ0) is 15.1. The van der Waals surface area contributed by atoms with Crippen LogP contribution in [0.3, 0.4) is 0 Å². The van der Waals surface area contributed by atoms with Crippen LogP contribution in [0.1, 0.15) is 52.9 Å². The summed E-state index contributed by atoms with van der Waals surface area (Å²) in [6.07, 6.45) is 4.52. The number of carbonyl (C=O) groups excluding carboxylic acids is 1. The van der Waals surface area contributed by atoms with E-state index in [2.05, 4.69) is 24.5 Å². The molecule has 0 aliphatic heterocycles. The Bertz CT molecular complexity index is 327. The highest BCUT2D eigenvalue weighted by Gasteiger charge is 2.24. The molecule has 0 heterocycles. The van der Waals surface area contributed by atoms with E-state index < -0.39 is 5.97 Å². The van der Waals surface area contributed by atoms with Gasteiger partial charge in [0, 0.05) is 19.0 Å². The van der Waals surface area contributed by atoms with Crippen LogP contribution in [-0.4, -0.2) is 29.7 Å². The second-order valence-electron chi connectivity index (χ2n) is 6.53. The van der Waals surface area contributed by atoms with Gasteiger partial charge in [-0.25, -0.2) is 4.79 Å². The molecule has 0 aromatic rings. The lowest BCUT2D eigenvalue weighted by Gasteiger charge is -2.19. The third kappa shape index (κ3) is 8.02. The van der Waals surface area contributed by atoms with Crippen LogP contribution in [0, 0.1) is 17.8 Å². The molecule has 20 heavy (non-hydrogen) atoms. The molecule has 1 aliphatic carbocycles. The lowest BCUT2D eigenvalue weighted by atomic mass is 9.94. The average Bonchev–Trinajstić information content (AvgIpc) is 3.08. The molecular weight excluding hydrogens is 256 g/mol. The Morgan fingerprint density at radius 2 is 1.90 bits per heavy atom. The quantitative estimate of drug-likeness (QED) is 0.609. The minimum Gasteiger partial charge on any atom is -0.481 e. The number of hydrogen-bond acceptors (Lipinski definition) is 2. The second-order valence-corrected chi connectivity index (χ2v) is 6.53. The van der Waals surface area contributed by atoms with E-state index in [-0.39, 0.29) is 24.4 Å². The topological polar surface area (TPSA) is 78.4 Å². The first-order valence-corrected chi connectivity index (χ1v) is 7.63. The third-order valence-electron chi connectivity index (χ3n) is 3.58. The summed E-state index contributed by atoms with van der Waals surface area (Å²) in [7, 11) is 0. The molecule has 0 aromatic carbocycles. The molecule has 0 aromatic heterocycles. The van der Waals surface area contributed by atoms with Crippen molar-refractivity contribution in [3.63, 3.8) is 0 Å². The van der Waals surface area contributed by atoms with Crippen LogP contribution < -0.4 is 10.6 Å². The standard InChI is InChI=1S/C15H28N2O3/c1-10(2)6-13(8-14(18)19)9-16-15(20)17-11(3)7-12-4-5-12/h10-13H,4-9H2,1-3H3,(H,18,19)(H2,16,17,20)/t11?,13-/m0/s1. The van der Waals surface area contributed by atoms with Gasteiger partial charge in [-0.15, -0.1) is 0 Å². The van der Waals surface area contributed by atoms with Crippen molar-refractivity contribution in [3.05, 3.63) is 0 Å². The van der Waals surface area contributed by atoms with Crippen LogP contribution in [0.5, 0.6) is 0 Å². The minimum absolute atomic E-state index is 0.00279. The fraction of sp³-hybridized carbons (Fsp3) is 0.867. The van der Waals surface area contributed by atoms with Gasteiger partial charge in [0.15, 0.2) is 0 Å². The van der Waals surface area contributed by atoms with E-state index in [0.717, 1.165) is 18.8 Å². The van der Waals surface area contributed by atoms with E-state index in [1.165, 1.54) is 12.8 Å². The number of rotatable bonds is 9.